The van der Waals surface area contributed by atoms with Gasteiger partial charge in [-0.05, 0) is 114 Å². The van der Waals surface area contributed by atoms with Gasteiger partial charge in [0.2, 0.25) is 0 Å². The summed E-state index contributed by atoms with van der Waals surface area (Å²) in [4.78, 5) is 0. The highest BCUT2D eigenvalue weighted by Gasteiger charge is 2.59. The average Bonchev–Trinajstić information content (AvgIpc) is 3.62. The molecule has 6 nitrogen and oxygen atoms in total. The Morgan fingerprint density at radius 1 is 0.717 bits per heavy atom. The Hall–Kier alpha value is -2.84. The number of fused-ring (bicyclic) bond motifs is 5. The van der Waals surface area contributed by atoms with Gasteiger partial charge in [-0.3, -0.25) is 0 Å². The van der Waals surface area contributed by atoms with Crippen molar-refractivity contribution in [3.63, 3.8) is 0 Å². The molecule has 1 aliphatic heterocycles. The molecular weight excluding hydrogens is 745 g/mol. The molecular formula is C54H74O6. The first kappa shape index (κ1) is 43.8. The fraction of sp³-hybridized carbons (Fsp3) is 0.630. The Bertz CT molecular complexity index is 1800. The minimum absolute atomic E-state index is 0.0422. The molecule has 3 saturated carbocycles. The van der Waals surface area contributed by atoms with E-state index in [0.29, 0.717) is 25.2 Å². The maximum absolute atomic E-state index is 12.2. The van der Waals surface area contributed by atoms with Crippen molar-refractivity contribution in [1.29, 1.82) is 0 Å². The number of allylic oxidation sites excluding steroid dienone is 1. The molecule has 8 rings (SSSR count). The summed E-state index contributed by atoms with van der Waals surface area (Å²) in [6.45, 7) is 14.0. The van der Waals surface area contributed by atoms with Crippen LogP contribution in [0.1, 0.15) is 122 Å². The third kappa shape index (κ3) is 9.70. The fourth-order valence-corrected chi connectivity index (χ4v) is 12.9. The van der Waals surface area contributed by atoms with Gasteiger partial charge in [0.25, 0.3) is 0 Å². The van der Waals surface area contributed by atoms with Gasteiger partial charge in [-0.15, -0.1) is 0 Å². The topological polar surface area (TPSA) is 66.4 Å². The SMILES string of the molecule is CC(C)CCC[C@@H](C)[C@H]1CC[C@H]2[C@@H]3CC=C4C[C@@H](O[C@@H]5O[C@H](COCc6ccccc6)[C@@H](OCc6ccccc6)[C@H](OCc6ccccc6)[C@H]5O)CC[C@]4(C)[C@H]3CC[C@]12C. The number of hydrogen-bond donors (Lipinski definition) is 1. The lowest BCUT2D eigenvalue weighted by Crippen LogP contribution is -2.61. The molecule has 3 aromatic rings. The molecule has 4 fully saturated rings. The van der Waals surface area contributed by atoms with Crippen LogP contribution in [-0.4, -0.2) is 48.5 Å². The van der Waals surface area contributed by atoms with Crippen molar-refractivity contribution in [2.75, 3.05) is 6.61 Å². The molecule has 13 atom stereocenters. The molecule has 3 aromatic carbocycles. The van der Waals surface area contributed by atoms with Crippen molar-refractivity contribution in [2.24, 2.45) is 46.3 Å². The van der Waals surface area contributed by atoms with E-state index in [-0.39, 0.29) is 18.1 Å². The van der Waals surface area contributed by atoms with Crippen molar-refractivity contribution in [2.45, 2.75) is 162 Å². The molecule has 0 bridgehead atoms. The molecule has 4 aliphatic carbocycles. The highest BCUT2D eigenvalue weighted by molar-refractivity contribution is 5.26. The lowest BCUT2D eigenvalue weighted by Gasteiger charge is -2.58. The molecule has 0 amide bonds. The van der Waals surface area contributed by atoms with Crippen molar-refractivity contribution >= 4 is 0 Å². The predicted molar refractivity (Wildman–Crippen MR) is 239 cm³/mol. The van der Waals surface area contributed by atoms with Gasteiger partial charge < -0.3 is 28.8 Å². The normalized spacial score (nSPS) is 35.6. The number of aliphatic hydroxyl groups excluding tert-OH is 1. The molecule has 60 heavy (non-hydrogen) atoms. The van der Waals surface area contributed by atoms with Crippen LogP contribution in [0.2, 0.25) is 0 Å². The van der Waals surface area contributed by atoms with E-state index < -0.39 is 30.7 Å². The summed E-state index contributed by atoms with van der Waals surface area (Å²) in [5, 5.41) is 12.2. The molecule has 326 valence electrons. The largest absolute Gasteiger partial charge is 0.385 e. The van der Waals surface area contributed by atoms with Crippen LogP contribution in [0, 0.1) is 46.3 Å². The Morgan fingerprint density at radius 2 is 1.35 bits per heavy atom. The number of benzene rings is 3. The molecule has 0 spiro atoms. The second-order valence-electron chi connectivity index (χ2n) is 20.3. The zero-order chi connectivity index (χ0) is 41.7. The minimum Gasteiger partial charge on any atom is -0.385 e. The van der Waals surface area contributed by atoms with E-state index in [1.807, 2.05) is 54.6 Å². The standard InChI is InChI=1S/C54H74O6/c1-37(2)16-15-17-38(3)45-26-27-46-44-25-24-42-32-43(28-30-53(42,4)47(44)29-31-54(45,46)5)59-52-49(55)51(58-35-41-22-13-8-14-23-41)50(57-34-40-20-11-7-12-21-40)48(60-52)36-56-33-39-18-9-6-10-19-39/h6-14,18-24,37-38,43-52,55H,15-17,25-36H2,1-5H3/t38-,43+,44+,45-,46+,47+,48-,49-,50-,51-,52-,53+,54-/m1/s1. The third-order valence-corrected chi connectivity index (χ3v) is 16.2. The Balaban J connectivity index is 0.968. The van der Waals surface area contributed by atoms with Crippen molar-refractivity contribution in [3.8, 4) is 0 Å². The highest BCUT2D eigenvalue weighted by Crippen LogP contribution is 2.67. The van der Waals surface area contributed by atoms with E-state index in [1.54, 1.807) is 5.57 Å². The van der Waals surface area contributed by atoms with Crippen molar-refractivity contribution < 1.29 is 28.8 Å². The number of rotatable bonds is 17. The van der Waals surface area contributed by atoms with E-state index in [9.17, 15) is 5.11 Å². The van der Waals surface area contributed by atoms with Gasteiger partial charge in [-0.2, -0.15) is 0 Å². The van der Waals surface area contributed by atoms with Gasteiger partial charge >= 0.3 is 0 Å². The van der Waals surface area contributed by atoms with Crippen LogP contribution in [0.5, 0.6) is 0 Å². The Labute approximate surface area is 361 Å². The van der Waals surface area contributed by atoms with Crippen molar-refractivity contribution in [1.82, 2.24) is 0 Å². The number of aliphatic hydroxyl groups is 1. The van der Waals surface area contributed by atoms with Crippen LogP contribution >= 0.6 is 0 Å². The summed E-state index contributed by atoms with van der Waals surface area (Å²) in [5.74, 6) is 4.88. The first-order chi connectivity index (χ1) is 29.1. The summed E-state index contributed by atoms with van der Waals surface area (Å²) in [6, 6.07) is 30.5. The smallest absolute Gasteiger partial charge is 0.186 e. The fourth-order valence-electron chi connectivity index (χ4n) is 12.9. The lowest BCUT2D eigenvalue weighted by atomic mass is 9.47. The molecule has 0 unspecified atom stereocenters. The van der Waals surface area contributed by atoms with Gasteiger partial charge in [-0.1, -0.05) is 157 Å². The average molecular weight is 819 g/mol. The third-order valence-electron chi connectivity index (χ3n) is 16.2. The van der Waals surface area contributed by atoms with Gasteiger partial charge in [0.15, 0.2) is 6.29 Å². The summed E-state index contributed by atoms with van der Waals surface area (Å²) in [6.07, 6.45) is 12.8. The second kappa shape index (κ2) is 19.7. The zero-order valence-corrected chi connectivity index (χ0v) is 37.3. The van der Waals surface area contributed by atoms with Gasteiger partial charge in [0.1, 0.15) is 24.4 Å². The van der Waals surface area contributed by atoms with Crippen LogP contribution in [0.15, 0.2) is 103 Å². The second-order valence-corrected chi connectivity index (χ2v) is 20.3. The van der Waals surface area contributed by atoms with Gasteiger partial charge in [0.05, 0.1) is 32.5 Å². The maximum Gasteiger partial charge on any atom is 0.186 e. The van der Waals surface area contributed by atoms with E-state index in [2.05, 4.69) is 77.1 Å². The minimum atomic E-state index is -1.04. The van der Waals surface area contributed by atoms with E-state index in [4.69, 9.17) is 23.7 Å². The van der Waals surface area contributed by atoms with Gasteiger partial charge in [0, 0.05) is 0 Å². The van der Waals surface area contributed by atoms with Crippen LogP contribution < -0.4 is 0 Å². The maximum atomic E-state index is 12.2. The summed E-state index contributed by atoms with van der Waals surface area (Å²) in [7, 11) is 0. The van der Waals surface area contributed by atoms with Crippen LogP contribution in [0.4, 0.5) is 0 Å². The van der Waals surface area contributed by atoms with Crippen molar-refractivity contribution in [3.05, 3.63) is 119 Å². The molecule has 1 N–H and O–H groups in total. The molecule has 6 heteroatoms. The molecule has 0 radical (unpaired) electrons. The lowest BCUT2D eigenvalue weighted by molar-refractivity contribution is -0.328. The summed E-state index contributed by atoms with van der Waals surface area (Å²) >= 11 is 0. The zero-order valence-electron chi connectivity index (χ0n) is 37.3. The molecule has 1 saturated heterocycles. The monoisotopic (exact) mass is 819 g/mol. The van der Waals surface area contributed by atoms with Gasteiger partial charge in [-0.25, -0.2) is 0 Å². The first-order valence-corrected chi connectivity index (χ1v) is 23.7. The van der Waals surface area contributed by atoms with E-state index in [0.717, 1.165) is 71.5 Å². The van der Waals surface area contributed by atoms with Crippen LogP contribution in [0.3, 0.4) is 0 Å². The Kier molecular flexibility index (Phi) is 14.4. The quantitative estimate of drug-likeness (QED) is 0.137. The predicted octanol–water partition coefficient (Wildman–Crippen LogP) is 11.9. The molecule has 0 aromatic heterocycles. The van der Waals surface area contributed by atoms with E-state index in [1.165, 1.54) is 51.4 Å². The molecule has 5 aliphatic rings. The number of hydrogen-bond acceptors (Lipinski definition) is 6. The Morgan fingerprint density at radius 3 is 2.00 bits per heavy atom. The molecule has 1 heterocycles. The highest BCUT2D eigenvalue weighted by atomic mass is 16.7. The van der Waals surface area contributed by atoms with E-state index >= 15 is 0 Å². The van der Waals surface area contributed by atoms with Crippen LogP contribution in [-0.2, 0) is 43.5 Å². The summed E-state index contributed by atoms with van der Waals surface area (Å²) in [5.41, 5.74) is 5.45. The number of ether oxygens (including phenoxy) is 5. The van der Waals surface area contributed by atoms with Crippen LogP contribution in [0.25, 0.3) is 0 Å². The first-order valence-electron chi connectivity index (χ1n) is 23.7. The summed E-state index contributed by atoms with van der Waals surface area (Å²) < 4.78 is 33.3.